The van der Waals surface area contributed by atoms with E-state index in [2.05, 4.69) is 21.2 Å². The Hall–Kier alpha value is -1.85. The van der Waals surface area contributed by atoms with Gasteiger partial charge in [0.2, 0.25) is 0 Å². The molecule has 23 heavy (non-hydrogen) atoms. The van der Waals surface area contributed by atoms with Gasteiger partial charge in [0.25, 0.3) is 5.91 Å². The standard InChI is InChI=1S/C17H13BrClNO3/c1-17(16(22)20-14-5-3-2-4-13(14)19)9-10-8-11(18)6-7-12(10)15(21)23-17/h2-8H,9H2,1H3,(H,20,22). The lowest BCUT2D eigenvalue weighted by molar-refractivity contribution is -0.134. The Kier molecular flexibility index (Phi) is 4.17. The molecule has 4 nitrogen and oxygen atoms in total. The Labute approximate surface area is 146 Å². The van der Waals surface area contributed by atoms with Gasteiger partial charge >= 0.3 is 5.97 Å². The number of anilines is 1. The van der Waals surface area contributed by atoms with Gasteiger partial charge in [-0.15, -0.1) is 0 Å². The highest BCUT2D eigenvalue weighted by atomic mass is 79.9. The average Bonchev–Trinajstić information content (AvgIpc) is 2.48. The van der Waals surface area contributed by atoms with Gasteiger partial charge in [-0.1, -0.05) is 39.7 Å². The molecule has 0 saturated heterocycles. The Balaban J connectivity index is 1.89. The maximum atomic E-state index is 12.6. The highest BCUT2D eigenvalue weighted by Crippen LogP contribution is 2.32. The van der Waals surface area contributed by atoms with Crippen LogP contribution in [0.1, 0.15) is 22.8 Å². The summed E-state index contributed by atoms with van der Waals surface area (Å²) in [5.74, 6) is -0.917. The third-order valence-corrected chi connectivity index (χ3v) is 4.56. The lowest BCUT2D eigenvalue weighted by Gasteiger charge is -2.33. The number of nitrogens with one attached hydrogen (secondary N) is 1. The molecule has 2 aromatic rings. The number of halogens is 2. The second-order valence-electron chi connectivity index (χ2n) is 5.53. The molecule has 0 fully saturated rings. The second kappa shape index (κ2) is 5.98. The molecule has 6 heteroatoms. The third-order valence-electron chi connectivity index (χ3n) is 3.74. The van der Waals surface area contributed by atoms with Crippen molar-refractivity contribution in [2.45, 2.75) is 18.9 Å². The molecular weight excluding hydrogens is 382 g/mol. The molecule has 1 aliphatic rings. The molecule has 1 unspecified atom stereocenters. The first-order chi connectivity index (χ1) is 10.9. The SMILES string of the molecule is CC1(C(=O)Nc2ccccc2Cl)Cc2cc(Br)ccc2C(=O)O1. The van der Waals surface area contributed by atoms with E-state index in [1.165, 1.54) is 0 Å². The van der Waals surface area contributed by atoms with Crippen molar-refractivity contribution < 1.29 is 14.3 Å². The minimum absolute atomic E-state index is 0.295. The van der Waals surface area contributed by atoms with Crippen LogP contribution in [-0.2, 0) is 16.0 Å². The second-order valence-corrected chi connectivity index (χ2v) is 6.86. The topological polar surface area (TPSA) is 55.4 Å². The predicted octanol–water partition coefficient (Wildman–Crippen LogP) is 4.21. The van der Waals surface area contributed by atoms with Crippen molar-refractivity contribution in [3.63, 3.8) is 0 Å². The van der Waals surface area contributed by atoms with Gasteiger partial charge < -0.3 is 10.1 Å². The molecule has 1 N–H and O–H groups in total. The summed E-state index contributed by atoms with van der Waals surface area (Å²) in [6, 6.07) is 12.2. The number of ether oxygens (including phenoxy) is 1. The van der Waals surface area contributed by atoms with Crippen LogP contribution in [0.15, 0.2) is 46.9 Å². The quantitative estimate of drug-likeness (QED) is 0.776. The van der Waals surface area contributed by atoms with Crippen molar-refractivity contribution in [1.29, 1.82) is 0 Å². The highest BCUT2D eigenvalue weighted by molar-refractivity contribution is 9.10. The lowest BCUT2D eigenvalue weighted by atomic mass is 9.89. The Morgan fingerprint density at radius 1 is 1.30 bits per heavy atom. The van der Waals surface area contributed by atoms with Gasteiger partial charge in [-0.05, 0) is 42.8 Å². The maximum Gasteiger partial charge on any atom is 0.339 e. The zero-order chi connectivity index (χ0) is 16.6. The van der Waals surface area contributed by atoms with Gasteiger partial charge in [0.1, 0.15) is 0 Å². The molecular formula is C17H13BrClNO3. The van der Waals surface area contributed by atoms with Crippen molar-refractivity contribution in [2.24, 2.45) is 0 Å². The van der Waals surface area contributed by atoms with Crippen LogP contribution < -0.4 is 5.32 Å². The fraction of sp³-hybridized carbons (Fsp3) is 0.176. The molecule has 118 valence electrons. The number of esters is 1. The molecule has 1 aliphatic heterocycles. The monoisotopic (exact) mass is 393 g/mol. The number of benzene rings is 2. The van der Waals surface area contributed by atoms with Gasteiger partial charge in [-0.2, -0.15) is 0 Å². The molecule has 0 saturated carbocycles. The molecule has 0 radical (unpaired) electrons. The first kappa shape index (κ1) is 16.0. The number of cyclic esters (lactones) is 1. The average molecular weight is 395 g/mol. The summed E-state index contributed by atoms with van der Waals surface area (Å²) in [7, 11) is 0. The van der Waals surface area contributed by atoms with Crippen molar-refractivity contribution in [3.8, 4) is 0 Å². The van der Waals surface area contributed by atoms with E-state index >= 15 is 0 Å². The minimum atomic E-state index is -1.29. The summed E-state index contributed by atoms with van der Waals surface area (Å²) >= 11 is 9.43. The van der Waals surface area contributed by atoms with Gasteiger partial charge in [0.05, 0.1) is 16.3 Å². The molecule has 1 atom stereocenters. The Morgan fingerprint density at radius 2 is 2.04 bits per heavy atom. The molecule has 2 aromatic carbocycles. The first-order valence-electron chi connectivity index (χ1n) is 6.97. The van der Waals surface area contributed by atoms with Gasteiger partial charge in [0, 0.05) is 10.9 Å². The van der Waals surface area contributed by atoms with E-state index in [0.29, 0.717) is 22.7 Å². The maximum absolute atomic E-state index is 12.6. The predicted molar refractivity (Wildman–Crippen MR) is 91.7 cm³/mol. The minimum Gasteiger partial charge on any atom is -0.445 e. The van der Waals surface area contributed by atoms with Crippen molar-refractivity contribution in [1.82, 2.24) is 0 Å². The number of hydrogen-bond donors (Lipinski definition) is 1. The smallest absolute Gasteiger partial charge is 0.339 e. The van der Waals surface area contributed by atoms with Gasteiger partial charge in [-0.3, -0.25) is 4.79 Å². The number of carbonyl (C=O) groups is 2. The van der Waals surface area contributed by atoms with Crippen LogP contribution in [0.3, 0.4) is 0 Å². The van der Waals surface area contributed by atoms with E-state index in [4.69, 9.17) is 16.3 Å². The molecule has 3 rings (SSSR count). The van der Waals surface area contributed by atoms with E-state index in [-0.39, 0.29) is 0 Å². The van der Waals surface area contributed by atoms with Gasteiger partial charge in [0.15, 0.2) is 5.60 Å². The number of amides is 1. The van der Waals surface area contributed by atoms with Gasteiger partial charge in [-0.25, -0.2) is 4.79 Å². The van der Waals surface area contributed by atoms with E-state index in [0.717, 1.165) is 10.0 Å². The number of para-hydroxylation sites is 1. The first-order valence-corrected chi connectivity index (χ1v) is 8.14. The van der Waals surface area contributed by atoms with E-state index in [9.17, 15) is 9.59 Å². The van der Waals surface area contributed by atoms with Crippen LogP contribution in [0.4, 0.5) is 5.69 Å². The van der Waals surface area contributed by atoms with E-state index < -0.39 is 17.5 Å². The third kappa shape index (κ3) is 3.12. The van der Waals surface area contributed by atoms with Crippen LogP contribution in [0.25, 0.3) is 0 Å². The molecule has 1 heterocycles. The number of carbonyl (C=O) groups excluding carboxylic acids is 2. The van der Waals surface area contributed by atoms with Crippen LogP contribution in [0.2, 0.25) is 5.02 Å². The van der Waals surface area contributed by atoms with Crippen molar-refractivity contribution >= 4 is 45.1 Å². The Morgan fingerprint density at radius 3 is 2.78 bits per heavy atom. The number of fused-ring (bicyclic) bond motifs is 1. The molecule has 0 bridgehead atoms. The zero-order valence-electron chi connectivity index (χ0n) is 12.2. The van der Waals surface area contributed by atoms with Crippen LogP contribution in [0, 0.1) is 0 Å². The van der Waals surface area contributed by atoms with Crippen LogP contribution >= 0.6 is 27.5 Å². The zero-order valence-corrected chi connectivity index (χ0v) is 14.6. The molecule has 0 aromatic heterocycles. The largest absolute Gasteiger partial charge is 0.445 e. The lowest BCUT2D eigenvalue weighted by Crippen LogP contribution is -2.48. The van der Waals surface area contributed by atoms with Crippen molar-refractivity contribution in [2.75, 3.05) is 5.32 Å². The molecule has 1 amide bonds. The fourth-order valence-electron chi connectivity index (χ4n) is 2.51. The molecule has 0 aliphatic carbocycles. The van der Waals surface area contributed by atoms with E-state index in [1.807, 2.05) is 6.07 Å². The van der Waals surface area contributed by atoms with Crippen LogP contribution in [-0.4, -0.2) is 17.5 Å². The van der Waals surface area contributed by atoms with Crippen LogP contribution in [0.5, 0.6) is 0 Å². The fourth-order valence-corrected chi connectivity index (χ4v) is 3.10. The summed E-state index contributed by atoms with van der Waals surface area (Å²) in [4.78, 5) is 24.8. The summed E-state index contributed by atoms with van der Waals surface area (Å²) in [5.41, 5.74) is 0.449. The normalized spacial score (nSPS) is 19.7. The summed E-state index contributed by atoms with van der Waals surface area (Å²) in [6.45, 7) is 1.60. The summed E-state index contributed by atoms with van der Waals surface area (Å²) in [5, 5.41) is 3.15. The summed E-state index contributed by atoms with van der Waals surface area (Å²) in [6.07, 6.45) is 0.295. The summed E-state index contributed by atoms with van der Waals surface area (Å²) < 4.78 is 6.25. The van der Waals surface area contributed by atoms with E-state index in [1.54, 1.807) is 43.3 Å². The number of hydrogen-bond acceptors (Lipinski definition) is 3. The number of rotatable bonds is 2. The Bertz CT molecular complexity index is 808. The van der Waals surface area contributed by atoms with Crippen molar-refractivity contribution in [3.05, 3.63) is 63.1 Å². The molecule has 0 spiro atoms. The highest BCUT2D eigenvalue weighted by Gasteiger charge is 2.42.